The molecule has 0 spiro atoms. The minimum absolute atomic E-state index is 0.0208. The molecule has 0 unspecified atom stereocenters. The maximum absolute atomic E-state index is 12.5. The fraction of sp³-hybridized carbons (Fsp3) is 0.190. The number of rotatable bonds is 7. The van der Waals surface area contributed by atoms with Gasteiger partial charge in [-0.2, -0.15) is 0 Å². The molecule has 0 radical (unpaired) electrons. The molecule has 3 rings (SSSR count). The number of anilines is 3. The van der Waals surface area contributed by atoms with Crippen LogP contribution in [0.3, 0.4) is 0 Å². The summed E-state index contributed by atoms with van der Waals surface area (Å²) in [5.74, 6) is -0.356. The van der Waals surface area contributed by atoms with E-state index in [2.05, 4.69) is 20.5 Å². The Hall–Kier alpha value is -3.66. The molecule has 162 valence electrons. The van der Waals surface area contributed by atoms with Gasteiger partial charge in [0.25, 0.3) is 10.0 Å². The van der Waals surface area contributed by atoms with Crippen molar-refractivity contribution in [3.8, 4) is 0 Å². The molecule has 0 fully saturated rings. The van der Waals surface area contributed by atoms with Crippen molar-refractivity contribution < 1.29 is 22.5 Å². The van der Waals surface area contributed by atoms with E-state index in [0.29, 0.717) is 22.6 Å². The zero-order valence-corrected chi connectivity index (χ0v) is 18.0. The van der Waals surface area contributed by atoms with E-state index < -0.39 is 10.0 Å². The molecule has 0 bridgehead atoms. The molecule has 3 aromatic rings. The van der Waals surface area contributed by atoms with Gasteiger partial charge in [-0.1, -0.05) is 17.3 Å². The third-order valence-corrected chi connectivity index (χ3v) is 5.82. The molecule has 0 saturated carbocycles. The lowest BCUT2D eigenvalue weighted by Gasteiger charge is -2.09. The molecule has 3 N–H and O–H groups in total. The second-order valence-corrected chi connectivity index (χ2v) is 8.64. The van der Waals surface area contributed by atoms with Gasteiger partial charge < -0.3 is 15.2 Å². The fourth-order valence-electron chi connectivity index (χ4n) is 2.71. The number of hydrogen-bond donors (Lipinski definition) is 3. The SMILES string of the molecule is CC(=O)Nc1ccc(CC(=O)Nc2ccc(S(=O)(=O)Nc3onc(C)c3C)cc2)cc1. The Balaban J connectivity index is 1.61. The molecule has 0 atom stereocenters. The summed E-state index contributed by atoms with van der Waals surface area (Å²) in [5, 5.41) is 9.11. The average molecular weight is 442 g/mol. The number of hydrogen-bond acceptors (Lipinski definition) is 6. The zero-order chi connectivity index (χ0) is 22.6. The van der Waals surface area contributed by atoms with Crippen LogP contribution in [0.4, 0.5) is 17.3 Å². The van der Waals surface area contributed by atoms with Gasteiger partial charge in [0.05, 0.1) is 17.0 Å². The summed E-state index contributed by atoms with van der Waals surface area (Å²) in [4.78, 5) is 23.3. The maximum Gasteiger partial charge on any atom is 0.264 e. The Morgan fingerprint density at radius 3 is 2.06 bits per heavy atom. The van der Waals surface area contributed by atoms with Gasteiger partial charge in [0.2, 0.25) is 17.7 Å². The van der Waals surface area contributed by atoms with Crippen molar-refractivity contribution in [2.75, 3.05) is 15.4 Å². The minimum atomic E-state index is -3.86. The third kappa shape index (κ3) is 5.70. The minimum Gasteiger partial charge on any atom is -0.337 e. The van der Waals surface area contributed by atoms with Gasteiger partial charge in [-0.25, -0.2) is 13.1 Å². The lowest BCUT2D eigenvalue weighted by molar-refractivity contribution is -0.116. The highest BCUT2D eigenvalue weighted by Gasteiger charge is 2.19. The van der Waals surface area contributed by atoms with Crippen LogP contribution >= 0.6 is 0 Å². The van der Waals surface area contributed by atoms with E-state index in [1.807, 2.05) is 0 Å². The Labute approximate surface area is 179 Å². The average Bonchev–Trinajstić information content (AvgIpc) is 3.01. The van der Waals surface area contributed by atoms with Crippen molar-refractivity contribution >= 4 is 39.1 Å². The van der Waals surface area contributed by atoms with Gasteiger partial charge in [0, 0.05) is 23.9 Å². The maximum atomic E-state index is 12.5. The number of carbonyl (C=O) groups excluding carboxylic acids is 2. The highest BCUT2D eigenvalue weighted by molar-refractivity contribution is 7.92. The summed E-state index contributed by atoms with van der Waals surface area (Å²) in [6.45, 7) is 4.84. The number of carbonyl (C=O) groups is 2. The van der Waals surface area contributed by atoms with E-state index in [0.717, 1.165) is 5.56 Å². The van der Waals surface area contributed by atoms with Gasteiger partial charge >= 0.3 is 0 Å². The number of sulfonamides is 1. The molecule has 0 saturated heterocycles. The van der Waals surface area contributed by atoms with Crippen LogP contribution in [-0.2, 0) is 26.0 Å². The van der Waals surface area contributed by atoms with E-state index in [9.17, 15) is 18.0 Å². The first-order valence-corrected chi connectivity index (χ1v) is 10.8. The van der Waals surface area contributed by atoms with Crippen molar-refractivity contribution in [2.24, 2.45) is 0 Å². The molecule has 31 heavy (non-hydrogen) atoms. The molecule has 2 aromatic carbocycles. The van der Waals surface area contributed by atoms with Crippen LogP contribution < -0.4 is 15.4 Å². The normalized spacial score (nSPS) is 11.1. The molecule has 0 aliphatic carbocycles. The van der Waals surface area contributed by atoms with Crippen LogP contribution in [0.1, 0.15) is 23.7 Å². The summed E-state index contributed by atoms with van der Waals surface area (Å²) < 4.78 is 32.4. The number of aromatic nitrogens is 1. The van der Waals surface area contributed by atoms with Crippen LogP contribution in [0, 0.1) is 13.8 Å². The second-order valence-electron chi connectivity index (χ2n) is 6.96. The molecule has 1 heterocycles. The van der Waals surface area contributed by atoms with Gasteiger partial charge in [-0.15, -0.1) is 0 Å². The fourth-order valence-corrected chi connectivity index (χ4v) is 3.76. The summed E-state index contributed by atoms with van der Waals surface area (Å²) in [6, 6.07) is 12.7. The van der Waals surface area contributed by atoms with Gasteiger partial charge in [-0.3, -0.25) is 9.59 Å². The smallest absolute Gasteiger partial charge is 0.264 e. The molecule has 1 aromatic heterocycles. The van der Waals surface area contributed by atoms with Gasteiger partial charge in [0.15, 0.2) is 0 Å². The largest absolute Gasteiger partial charge is 0.337 e. The quantitative estimate of drug-likeness (QED) is 0.515. The van der Waals surface area contributed by atoms with Crippen molar-refractivity contribution in [1.82, 2.24) is 5.16 Å². The molecule has 10 heteroatoms. The van der Waals surface area contributed by atoms with Crippen molar-refractivity contribution in [1.29, 1.82) is 0 Å². The first-order chi connectivity index (χ1) is 14.6. The zero-order valence-electron chi connectivity index (χ0n) is 17.2. The van der Waals surface area contributed by atoms with Crippen molar-refractivity contribution in [2.45, 2.75) is 32.1 Å². The third-order valence-electron chi connectivity index (χ3n) is 4.47. The van der Waals surface area contributed by atoms with Crippen LogP contribution in [0.25, 0.3) is 0 Å². The number of nitrogens with one attached hydrogen (secondary N) is 3. The molecule has 9 nitrogen and oxygen atoms in total. The van der Waals surface area contributed by atoms with Gasteiger partial charge in [0.1, 0.15) is 0 Å². The number of benzene rings is 2. The highest BCUT2D eigenvalue weighted by atomic mass is 32.2. The predicted octanol–water partition coefficient (Wildman–Crippen LogP) is 3.23. The lowest BCUT2D eigenvalue weighted by Crippen LogP contribution is -2.15. The monoisotopic (exact) mass is 442 g/mol. The van der Waals surface area contributed by atoms with Crippen LogP contribution in [-0.4, -0.2) is 25.4 Å². The first-order valence-electron chi connectivity index (χ1n) is 9.36. The standard InChI is InChI=1S/C21H22N4O5S/c1-13-14(2)24-30-21(13)25-31(28,29)19-10-8-18(9-11-19)23-20(27)12-16-4-6-17(7-5-16)22-15(3)26/h4-11,25H,12H2,1-3H3,(H,22,26)(H,23,27). The van der Waals surface area contributed by atoms with Crippen LogP contribution in [0.15, 0.2) is 57.9 Å². The van der Waals surface area contributed by atoms with E-state index in [4.69, 9.17) is 4.52 Å². The molecular formula is C21H22N4O5S. The Bertz CT molecular complexity index is 1200. The number of nitrogens with zero attached hydrogens (tertiary/aromatic N) is 1. The Morgan fingerprint density at radius 1 is 0.935 bits per heavy atom. The molecule has 2 amide bonds. The van der Waals surface area contributed by atoms with E-state index >= 15 is 0 Å². The van der Waals surface area contributed by atoms with E-state index in [1.165, 1.54) is 31.2 Å². The first kappa shape index (κ1) is 22.0. The predicted molar refractivity (Wildman–Crippen MR) is 116 cm³/mol. The number of amides is 2. The highest BCUT2D eigenvalue weighted by Crippen LogP contribution is 2.22. The van der Waals surface area contributed by atoms with Crippen LogP contribution in [0.5, 0.6) is 0 Å². The second kappa shape index (κ2) is 9.00. The molecule has 0 aliphatic heterocycles. The summed E-state index contributed by atoms with van der Waals surface area (Å²) in [5.41, 5.74) is 3.09. The van der Waals surface area contributed by atoms with Crippen molar-refractivity contribution in [3.05, 3.63) is 65.4 Å². The summed E-state index contributed by atoms with van der Waals surface area (Å²) >= 11 is 0. The van der Waals surface area contributed by atoms with Gasteiger partial charge in [-0.05, 0) is 55.8 Å². The number of aryl methyl sites for hydroxylation is 1. The topological polar surface area (TPSA) is 130 Å². The van der Waals surface area contributed by atoms with Crippen molar-refractivity contribution in [3.63, 3.8) is 0 Å². The van der Waals surface area contributed by atoms with E-state index in [-0.39, 0.29) is 29.0 Å². The summed E-state index contributed by atoms with van der Waals surface area (Å²) in [7, 11) is -3.86. The molecular weight excluding hydrogens is 420 g/mol. The summed E-state index contributed by atoms with van der Waals surface area (Å²) in [6.07, 6.45) is 0.131. The molecule has 0 aliphatic rings. The Kier molecular flexibility index (Phi) is 6.40. The van der Waals surface area contributed by atoms with E-state index in [1.54, 1.807) is 38.1 Å². The van der Waals surface area contributed by atoms with Crippen LogP contribution in [0.2, 0.25) is 0 Å². The lowest BCUT2D eigenvalue weighted by atomic mass is 10.1. The Morgan fingerprint density at radius 2 is 1.52 bits per heavy atom.